The number of rotatable bonds is 5. The third-order valence-corrected chi connectivity index (χ3v) is 4.49. The second kappa shape index (κ2) is 7.47. The highest BCUT2D eigenvalue weighted by atomic mass is 16.4. The van der Waals surface area contributed by atoms with Gasteiger partial charge in [0, 0.05) is 25.4 Å². The number of hydrogen-bond acceptors (Lipinski definition) is 3. The van der Waals surface area contributed by atoms with E-state index in [0.717, 1.165) is 5.57 Å². The molecule has 1 fully saturated rings. The molecule has 1 aliphatic heterocycles. The number of carboxylic acids is 1. The molecule has 1 atom stereocenters. The lowest BCUT2D eigenvalue weighted by Crippen LogP contribution is -2.50. The van der Waals surface area contributed by atoms with Crippen LogP contribution in [-0.4, -0.2) is 39.5 Å². The highest BCUT2D eigenvalue weighted by molar-refractivity contribution is 5.79. The summed E-state index contributed by atoms with van der Waals surface area (Å²) >= 11 is 0. The quantitative estimate of drug-likeness (QED) is 0.835. The number of allylic oxidation sites excluding steroid dienone is 2. The van der Waals surface area contributed by atoms with Crippen LogP contribution in [0.4, 0.5) is 0 Å². The molecule has 2 heterocycles. The summed E-state index contributed by atoms with van der Waals surface area (Å²) in [4.78, 5) is 37.7. The van der Waals surface area contributed by atoms with Crippen molar-refractivity contribution < 1.29 is 14.7 Å². The Bertz CT molecular complexity index is 703. The third kappa shape index (κ3) is 4.13. The van der Waals surface area contributed by atoms with E-state index in [9.17, 15) is 19.5 Å². The second-order valence-corrected chi connectivity index (χ2v) is 6.66. The first kappa shape index (κ1) is 18.0. The number of carbonyl (C=O) groups is 2. The normalized spacial score (nSPS) is 20.5. The summed E-state index contributed by atoms with van der Waals surface area (Å²) in [5.41, 5.74) is -0.112. The first-order chi connectivity index (χ1) is 11.3. The highest BCUT2D eigenvalue weighted by Gasteiger charge is 2.42. The summed E-state index contributed by atoms with van der Waals surface area (Å²) < 4.78 is 1.34. The van der Waals surface area contributed by atoms with Crippen molar-refractivity contribution in [2.45, 2.75) is 39.7 Å². The standard InChI is InChI=1S/C18H24N2O4/c1-14(2)7-9-18(17(23)24)8-5-11-20(13-18)16(22)12-19-10-4-3-6-15(19)21/h3-4,6-7,10H,5,8-9,11-13H2,1-2H3,(H,23,24). The molecule has 1 aromatic rings. The Balaban J connectivity index is 2.14. The maximum absolute atomic E-state index is 12.5. The summed E-state index contributed by atoms with van der Waals surface area (Å²) in [5.74, 6) is -1.08. The van der Waals surface area contributed by atoms with E-state index >= 15 is 0 Å². The summed E-state index contributed by atoms with van der Waals surface area (Å²) in [6.07, 6.45) is 5.11. The van der Waals surface area contributed by atoms with Crippen LogP contribution in [0.2, 0.25) is 0 Å². The molecular formula is C18H24N2O4. The molecule has 24 heavy (non-hydrogen) atoms. The number of carboxylic acid groups (broad SMARTS) is 1. The fraction of sp³-hybridized carbons (Fsp3) is 0.500. The van der Waals surface area contributed by atoms with Crippen LogP contribution in [0, 0.1) is 5.41 Å². The van der Waals surface area contributed by atoms with Gasteiger partial charge in [0.2, 0.25) is 5.91 Å². The first-order valence-corrected chi connectivity index (χ1v) is 8.14. The molecular weight excluding hydrogens is 308 g/mol. The molecule has 130 valence electrons. The van der Waals surface area contributed by atoms with Gasteiger partial charge < -0.3 is 14.6 Å². The average molecular weight is 332 g/mol. The lowest BCUT2D eigenvalue weighted by molar-refractivity contribution is -0.154. The third-order valence-electron chi connectivity index (χ3n) is 4.49. The Morgan fingerprint density at radius 1 is 1.33 bits per heavy atom. The summed E-state index contributed by atoms with van der Waals surface area (Å²) in [6, 6.07) is 4.72. The van der Waals surface area contributed by atoms with Crippen LogP contribution in [0.1, 0.15) is 33.1 Å². The van der Waals surface area contributed by atoms with Crippen molar-refractivity contribution in [1.82, 2.24) is 9.47 Å². The Morgan fingerprint density at radius 3 is 2.71 bits per heavy atom. The van der Waals surface area contributed by atoms with Crippen LogP contribution >= 0.6 is 0 Å². The van der Waals surface area contributed by atoms with Crippen LogP contribution < -0.4 is 5.56 Å². The number of hydrogen-bond donors (Lipinski definition) is 1. The topological polar surface area (TPSA) is 79.6 Å². The van der Waals surface area contributed by atoms with Gasteiger partial charge in [-0.3, -0.25) is 14.4 Å². The molecule has 0 aliphatic carbocycles. The smallest absolute Gasteiger partial charge is 0.311 e. The fourth-order valence-corrected chi connectivity index (χ4v) is 3.01. The van der Waals surface area contributed by atoms with Crippen molar-refractivity contribution in [3.05, 3.63) is 46.4 Å². The van der Waals surface area contributed by atoms with Crippen LogP contribution in [0.5, 0.6) is 0 Å². The molecule has 1 amide bonds. The zero-order valence-corrected chi connectivity index (χ0v) is 14.2. The monoisotopic (exact) mass is 332 g/mol. The minimum Gasteiger partial charge on any atom is -0.481 e. The lowest BCUT2D eigenvalue weighted by atomic mass is 9.76. The van der Waals surface area contributed by atoms with Gasteiger partial charge in [-0.05, 0) is 39.2 Å². The summed E-state index contributed by atoms with van der Waals surface area (Å²) in [5, 5.41) is 9.71. The minimum absolute atomic E-state index is 0.0575. The minimum atomic E-state index is -0.938. The van der Waals surface area contributed by atoms with Gasteiger partial charge in [0.05, 0.1) is 5.41 Å². The van der Waals surface area contributed by atoms with Gasteiger partial charge in [-0.2, -0.15) is 0 Å². The molecule has 6 heteroatoms. The van der Waals surface area contributed by atoms with Crippen LogP contribution in [0.3, 0.4) is 0 Å². The van der Waals surface area contributed by atoms with Crippen molar-refractivity contribution in [3.8, 4) is 0 Å². The molecule has 1 aromatic heterocycles. The van der Waals surface area contributed by atoms with E-state index in [2.05, 4.69) is 0 Å². The van der Waals surface area contributed by atoms with Gasteiger partial charge in [-0.25, -0.2) is 0 Å². The summed E-state index contributed by atoms with van der Waals surface area (Å²) in [7, 11) is 0. The number of nitrogens with zero attached hydrogens (tertiary/aromatic N) is 2. The van der Waals surface area contributed by atoms with Crippen molar-refractivity contribution in [1.29, 1.82) is 0 Å². The van der Waals surface area contributed by atoms with E-state index in [-0.39, 0.29) is 24.6 Å². The fourth-order valence-electron chi connectivity index (χ4n) is 3.01. The van der Waals surface area contributed by atoms with Crippen molar-refractivity contribution in [2.75, 3.05) is 13.1 Å². The number of aliphatic carboxylic acids is 1. The Labute approximate surface area is 141 Å². The Morgan fingerprint density at radius 2 is 2.08 bits per heavy atom. The zero-order chi connectivity index (χ0) is 17.7. The molecule has 1 unspecified atom stereocenters. The van der Waals surface area contributed by atoms with Gasteiger partial charge >= 0.3 is 5.97 Å². The van der Waals surface area contributed by atoms with E-state index in [1.807, 2.05) is 19.9 Å². The van der Waals surface area contributed by atoms with Gasteiger partial charge in [-0.1, -0.05) is 17.7 Å². The number of aromatic nitrogens is 1. The number of piperidine rings is 1. The van der Waals surface area contributed by atoms with E-state index < -0.39 is 11.4 Å². The van der Waals surface area contributed by atoms with Gasteiger partial charge in [0.15, 0.2) is 0 Å². The number of pyridine rings is 1. The maximum Gasteiger partial charge on any atom is 0.311 e. The molecule has 0 spiro atoms. The van der Waals surface area contributed by atoms with Gasteiger partial charge in [0.1, 0.15) is 6.54 Å². The van der Waals surface area contributed by atoms with E-state index in [1.165, 1.54) is 10.6 Å². The SMILES string of the molecule is CC(C)=CCC1(C(=O)O)CCCN(C(=O)Cn2ccccc2=O)C1. The van der Waals surface area contributed by atoms with E-state index in [0.29, 0.717) is 25.8 Å². The number of carbonyl (C=O) groups excluding carboxylic acids is 1. The van der Waals surface area contributed by atoms with Crippen molar-refractivity contribution >= 4 is 11.9 Å². The zero-order valence-electron chi connectivity index (χ0n) is 14.2. The molecule has 0 saturated carbocycles. The van der Waals surface area contributed by atoms with E-state index in [4.69, 9.17) is 0 Å². The van der Waals surface area contributed by atoms with Crippen LogP contribution in [0.25, 0.3) is 0 Å². The molecule has 2 rings (SSSR count). The highest BCUT2D eigenvalue weighted by Crippen LogP contribution is 2.35. The van der Waals surface area contributed by atoms with Gasteiger partial charge in [0.25, 0.3) is 5.56 Å². The maximum atomic E-state index is 12.5. The van der Waals surface area contributed by atoms with E-state index in [1.54, 1.807) is 23.2 Å². The lowest BCUT2D eigenvalue weighted by Gasteiger charge is -2.39. The van der Waals surface area contributed by atoms with Crippen molar-refractivity contribution in [2.24, 2.45) is 5.41 Å². The predicted molar refractivity (Wildman–Crippen MR) is 90.6 cm³/mol. The molecule has 1 saturated heterocycles. The summed E-state index contributed by atoms with van der Waals surface area (Å²) in [6.45, 7) is 4.53. The largest absolute Gasteiger partial charge is 0.481 e. The second-order valence-electron chi connectivity index (χ2n) is 6.66. The molecule has 0 bridgehead atoms. The Kier molecular flexibility index (Phi) is 5.59. The molecule has 0 radical (unpaired) electrons. The molecule has 6 nitrogen and oxygen atoms in total. The number of amides is 1. The van der Waals surface area contributed by atoms with Crippen LogP contribution in [0.15, 0.2) is 40.8 Å². The number of likely N-dealkylation sites (tertiary alicyclic amines) is 1. The molecule has 1 N–H and O–H groups in total. The average Bonchev–Trinajstić information content (AvgIpc) is 2.55. The molecule has 1 aliphatic rings. The molecule has 0 aromatic carbocycles. The van der Waals surface area contributed by atoms with Gasteiger partial charge in [-0.15, -0.1) is 0 Å². The Hall–Kier alpha value is -2.37. The van der Waals surface area contributed by atoms with Crippen LogP contribution in [-0.2, 0) is 16.1 Å². The van der Waals surface area contributed by atoms with Crippen molar-refractivity contribution in [3.63, 3.8) is 0 Å². The first-order valence-electron chi connectivity index (χ1n) is 8.14. The predicted octanol–water partition coefficient (Wildman–Crippen LogP) is 1.90.